The number of carbonyl (C=O) groups excluding carboxylic acids is 3. The third-order valence-electron chi connectivity index (χ3n) is 5.06. The van der Waals surface area contributed by atoms with Gasteiger partial charge in [-0.25, -0.2) is 0 Å². The van der Waals surface area contributed by atoms with Crippen LogP contribution >= 0.6 is 0 Å². The number of Topliss-reactive ketones (excluding diaryl/α,β-unsaturated/α-hetero) is 3. The van der Waals surface area contributed by atoms with Crippen molar-refractivity contribution in [2.75, 3.05) is 0 Å². The van der Waals surface area contributed by atoms with E-state index in [1.165, 1.54) is 0 Å². The minimum atomic E-state index is -0.284. The van der Waals surface area contributed by atoms with Crippen LogP contribution in [0.4, 0.5) is 0 Å². The third kappa shape index (κ3) is 2.15. The smallest absolute Gasteiger partial charge is 0.139 e. The average Bonchev–Trinajstić information content (AvgIpc) is 2.65. The second-order valence-electron chi connectivity index (χ2n) is 5.99. The second kappa shape index (κ2) is 4.94. The Kier molecular flexibility index (Phi) is 3.69. The van der Waals surface area contributed by atoms with Gasteiger partial charge in [0.2, 0.25) is 0 Å². The minimum Gasteiger partial charge on any atom is -0.300 e. The summed E-state index contributed by atoms with van der Waals surface area (Å²) in [6.45, 7) is 3.88. The van der Waals surface area contributed by atoms with E-state index < -0.39 is 0 Å². The molecule has 2 fully saturated rings. The number of hydrogen-bond donors (Lipinski definition) is 0. The second-order valence-corrected chi connectivity index (χ2v) is 5.99. The summed E-state index contributed by atoms with van der Waals surface area (Å²) in [4.78, 5) is 35.5. The van der Waals surface area contributed by atoms with E-state index >= 15 is 0 Å². The summed E-state index contributed by atoms with van der Waals surface area (Å²) in [6, 6.07) is 0. The molecular weight excluding hydrogens is 228 g/mol. The summed E-state index contributed by atoms with van der Waals surface area (Å²) in [5.41, 5.74) is -0.284. The Balaban J connectivity index is 2.10. The normalized spacial score (nSPS) is 35.7. The number of ketones is 3. The maximum atomic E-state index is 12.1. The summed E-state index contributed by atoms with van der Waals surface area (Å²) in [7, 11) is 0. The first-order chi connectivity index (χ1) is 8.49. The van der Waals surface area contributed by atoms with Crippen LogP contribution in [0.15, 0.2) is 0 Å². The number of carbonyl (C=O) groups is 3. The molecule has 0 aromatic heterocycles. The van der Waals surface area contributed by atoms with Gasteiger partial charge < -0.3 is 0 Å². The molecule has 0 amide bonds. The van der Waals surface area contributed by atoms with Crippen molar-refractivity contribution in [1.82, 2.24) is 0 Å². The first-order valence-electron chi connectivity index (χ1n) is 7.06. The molecule has 0 spiro atoms. The number of fused-ring (bicyclic) bond motifs is 1. The van der Waals surface area contributed by atoms with E-state index in [4.69, 9.17) is 0 Å². The van der Waals surface area contributed by atoms with Crippen LogP contribution in [-0.4, -0.2) is 17.3 Å². The van der Waals surface area contributed by atoms with Crippen LogP contribution in [0, 0.1) is 17.3 Å². The summed E-state index contributed by atoms with van der Waals surface area (Å²) < 4.78 is 0. The van der Waals surface area contributed by atoms with Crippen molar-refractivity contribution in [1.29, 1.82) is 0 Å². The number of hydrogen-bond acceptors (Lipinski definition) is 3. The predicted octanol–water partition coefficient (Wildman–Crippen LogP) is 2.71. The molecular formula is C15H22O3. The van der Waals surface area contributed by atoms with Gasteiger partial charge in [0.05, 0.1) is 0 Å². The maximum Gasteiger partial charge on any atom is 0.139 e. The Morgan fingerprint density at radius 3 is 2.72 bits per heavy atom. The largest absolute Gasteiger partial charge is 0.300 e. The lowest BCUT2D eigenvalue weighted by Gasteiger charge is -2.39. The lowest BCUT2D eigenvalue weighted by molar-refractivity contribution is -0.137. The lowest BCUT2D eigenvalue weighted by atomic mass is 9.62. The lowest BCUT2D eigenvalue weighted by Crippen LogP contribution is -2.42. The van der Waals surface area contributed by atoms with Crippen molar-refractivity contribution in [2.24, 2.45) is 17.3 Å². The van der Waals surface area contributed by atoms with Gasteiger partial charge in [0, 0.05) is 37.0 Å². The molecule has 3 nitrogen and oxygen atoms in total. The molecule has 2 rings (SSSR count). The van der Waals surface area contributed by atoms with Crippen LogP contribution in [0.2, 0.25) is 0 Å². The fourth-order valence-electron chi connectivity index (χ4n) is 3.72. The average molecular weight is 250 g/mol. The maximum absolute atomic E-state index is 12.1. The molecule has 2 aliphatic rings. The van der Waals surface area contributed by atoms with Crippen LogP contribution in [0.25, 0.3) is 0 Å². The minimum absolute atomic E-state index is 0.0503. The third-order valence-corrected chi connectivity index (χ3v) is 5.06. The number of rotatable bonds is 4. The fourth-order valence-corrected chi connectivity index (χ4v) is 3.72. The van der Waals surface area contributed by atoms with Crippen molar-refractivity contribution in [3.8, 4) is 0 Å². The Hall–Kier alpha value is -0.990. The van der Waals surface area contributed by atoms with Crippen molar-refractivity contribution >= 4 is 17.3 Å². The molecule has 0 saturated heterocycles. The summed E-state index contributed by atoms with van der Waals surface area (Å²) in [5, 5.41) is 0. The SMILES string of the molecule is CCC(=O)CC[C@@H]1C(=O)CCC2(C)C(=O)CCC12. The Morgan fingerprint density at radius 1 is 1.33 bits per heavy atom. The highest BCUT2D eigenvalue weighted by atomic mass is 16.1. The van der Waals surface area contributed by atoms with Gasteiger partial charge in [-0.1, -0.05) is 13.8 Å². The van der Waals surface area contributed by atoms with Gasteiger partial charge in [0.15, 0.2) is 0 Å². The topological polar surface area (TPSA) is 51.2 Å². The zero-order valence-corrected chi connectivity index (χ0v) is 11.3. The van der Waals surface area contributed by atoms with E-state index in [2.05, 4.69) is 0 Å². The molecule has 100 valence electrons. The van der Waals surface area contributed by atoms with Gasteiger partial charge >= 0.3 is 0 Å². The zero-order valence-electron chi connectivity index (χ0n) is 11.3. The van der Waals surface area contributed by atoms with Gasteiger partial charge in [0.25, 0.3) is 0 Å². The highest BCUT2D eigenvalue weighted by Crippen LogP contribution is 2.52. The monoisotopic (exact) mass is 250 g/mol. The van der Waals surface area contributed by atoms with E-state index in [1.54, 1.807) is 0 Å². The zero-order chi connectivity index (χ0) is 13.3. The van der Waals surface area contributed by atoms with Crippen LogP contribution in [-0.2, 0) is 14.4 Å². The molecule has 0 radical (unpaired) electrons. The first kappa shape index (κ1) is 13.4. The predicted molar refractivity (Wildman–Crippen MR) is 68.1 cm³/mol. The molecule has 3 atom stereocenters. The van der Waals surface area contributed by atoms with Gasteiger partial charge in [-0.3, -0.25) is 14.4 Å². The molecule has 0 aliphatic heterocycles. The van der Waals surface area contributed by atoms with E-state index in [0.29, 0.717) is 44.3 Å². The van der Waals surface area contributed by atoms with Gasteiger partial charge in [-0.05, 0) is 25.2 Å². The molecule has 0 bridgehead atoms. The molecule has 0 aromatic rings. The van der Waals surface area contributed by atoms with Gasteiger partial charge in [-0.15, -0.1) is 0 Å². The van der Waals surface area contributed by atoms with Crippen LogP contribution in [0.3, 0.4) is 0 Å². The Bertz CT molecular complexity index is 385. The molecule has 0 N–H and O–H groups in total. The van der Waals surface area contributed by atoms with E-state index in [1.807, 2.05) is 13.8 Å². The Labute approximate surface area is 108 Å². The van der Waals surface area contributed by atoms with Gasteiger partial charge in [0.1, 0.15) is 17.3 Å². The molecule has 2 aliphatic carbocycles. The van der Waals surface area contributed by atoms with Crippen LogP contribution in [0.1, 0.15) is 58.8 Å². The molecule has 0 heterocycles. The highest BCUT2D eigenvalue weighted by molar-refractivity contribution is 5.92. The fraction of sp³-hybridized carbons (Fsp3) is 0.800. The van der Waals surface area contributed by atoms with E-state index in [0.717, 1.165) is 6.42 Å². The Morgan fingerprint density at radius 2 is 2.06 bits per heavy atom. The summed E-state index contributed by atoms with van der Waals surface area (Å²) in [5.74, 6) is 0.962. The summed E-state index contributed by atoms with van der Waals surface area (Å²) >= 11 is 0. The first-order valence-corrected chi connectivity index (χ1v) is 7.06. The standard InChI is InChI=1S/C15H22O3/c1-3-10(16)4-5-11-12-6-7-14(18)15(12,2)9-8-13(11)17/h11-12H,3-9H2,1-2H3/t11-,12?,15?/m0/s1. The van der Waals surface area contributed by atoms with Crippen LogP contribution < -0.4 is 0 Å². The quantitative estimate of drug-likeness (QED) is 0.770. The van der Waals surface area contributed by atoms with E-state index in [-0.39, 0.29) is 28.8 Å². The van der Waals surface area contributed by atoms with Crippen molar-refractivity contribution in [3.63, 3.8) is 0 Å². The van der Waals surface area contributed by atoms with Crippen molar-refractivity contribution < 1.29 is 14.4 Å². The van der Waals surface area contributed by atoms with Crippen molar-refractivity contribution in [3.05, 3.63) is 0 Å². The molecule has 2 unspecified atom stereocenters. The highest BCUT2D eigenvalue weighted by Gasteiger charge is 2.53. The molecule has 18 heavy (non-hydrogen) atoms. The van der Waals surface area contributed by atoms with E-state index in [9.17, 15) is 14.4 Å². The summed E-state index contributed by atoms with van der Waals surface area (Å²) in [6.07, 6.45) is 4.38. The molecule has 0 aromatic carbocycles. The molecule has 3 heteroatoms. The van der Waals surface area contributed by atoms with Gasteiger partial charge in [-0.2, -0.15) is 0 Å². The van der Waals surface area contributed by atoms with Crippen LogP contribution in [0.5, 0.6) is 0 Å². The van der Waals surface area contributed by atoms with Crippen molar-refractivity contribution in [2.45, 2.75) is 58.8 Å². The molecule has 2 saturated carbocycles.